The van der Waals surface area contributed by atoms with Crippen molar-refractivity contribution in [3.8, 4) is 0 Å². The Balaban J connectivity index is 1.65. The molecule has 108 valence electrons. The van der Waals surface area contributed by atoms with Gasteiger partial charge in [0.25, 0.3) is 0 Å². The molecule has 0 spiro atoms. The van der Waals surface area contributed by atoms with E-state index >= 15 is 0 Å². The minimum Gasteiger partial charge on any atom is -0.351 e. The van der Waals surface area contributed by atoms with Crippen molar-refractivity contribution in [2.75, 3.05) is 26.2 Å². The van der Waals surface area contributed by atoms with E-state index in [9.17, 15) is 0 Å². The van der Waals surface area contributed by atoms with Gasteiger partial charge in [-0.15, -0.1) is 0 Å². The maximum absolute atomic E-state index is 2.57. The first-order valence-corrected chi connectivity index (χ1v) is 7.64. The van der Waals surface area contributed by atoms with E-state index in [1.807, 2.05) is 0 Å². The summed E-state index contributed by atoms with van der Waals surface area (Å²) in [7, 11) is 2.10. The predicted molar refractivity (Wildman–Crippen MR) is 84.9 cm³/mol. The van der Waals surface area contributed by atoms with E-state index in [0.29, 0.717) is 6.04 Å². The molecule has 1 fully saturated rings. The summed E-state index contributed by atoms with van der Waals surface area (Å²) in [5, 5.41) is 1.35. The van der Waals surface area contributed by atoms with Gasteiger partial charge in [-0.3, -0.25) is 9.80 Å². The van der Waals surface area contributed by atoms with Crippen LogP contribution in [0, 0.1) is 0 Å². The molecule has 0 radical (unpaired) electrons. The van der Waals surface area contributed by atoms with Crippen LogP contribution in [0.15, 0.2) is 30.5 Å². The molecule has 1 aliphatic rings. The van der Waals surface area contributed by atoms with Crippen LogP contribution in [-0.4, -0.2) is 46.6 Å². The Morgan fingerprint density at radius 1 is 1.05 bits per heavy atom. The number of hydrogen-bond acceptors (Lipinski definition) is 2. The van der Waals surface area contributed by atoms with Crippen LogP contribution in [0.3, 0.4) is 0 Å². The summed E-state index contributed by atoms with van der Waals surface area (Å²) < 4.78 is 2.18. The van der Waals surface area contributed by atoms with Crippen molar-refractivity contribution in [1.29, 1.82) is 0 Å². The molecule has 3 nitrogen and oxygen atoms in total. The highest BCUT2D eigenvalue weighted by atomic mass is 15.3. The molecule has 1 aromatic carbocycles. The average molecular weight is 271 g/mol. The molecular formula is C17H25N3. The van der Waals surface area contributed by atoms with E-state index in [2.05, 4.69) is 65.7 Å². The fourth-order valence-electron chi connectivity index (χ4n) is 3.13. The second kappa shape index (κ2) is 5.58. The third-order valence-electron chi connectivity index (χ3n) is 4.49. The van der Waals surface area contributed by atoms with Crippen molar-refractivity contribution in [3.63, 3.8) is 0 Å². The summed E-state index contributed by atoms with van der Waals surface area (Å²) in [6.45, 7) is 10.4. The third kappa shape index (κ3) is 2.74. The minimum atomic E-state index is 0.679. The molecule has 1 saturated heterocycles. The maximum Gasteiger partial charge on any atom is 0.0477 e. The fraction of sp³-hybridized carbons (Fsp3) is 0.529. The molecule has 1 aromatic heterocycles. The topological polar surface area (TPSA) is 11.4 Å². The summed E-state index contributed by atoms with van der Waals surface area (Å²) in [6.07, 6.45) is 2.13. The number of rotatable bonds is 3. The molecule has 2 heterocycles. The molecule has 0 N–H and O–H groups in total. The van der Waals surface area contributed by atoms with Gasteiger partial charge < -0.3 is 4.57 Å². The Hall–Kier alpha value is -1.32. The van der Waals surface area contributed by atoms with Gasteiger partial charge in [-0.25, -0.2) is 0 Å². The van der Waals surface area contributed by atoms with Crippen LogP contribution in [-0.2, 0) is 13.6 Å². The van der Waals surface area contributed by atoms with Crippen LogP contribution in [0.1, 0.15) is 19.4 Å². The highest BCUT2D eigenvalue weighted by Gasteiger charge is 2.18. The standard InChI is InChI=1S/C17H25N3/c1-14(2)20-10-8-19(9-11-20)13-15-4-5-17-16(12-15)6-7-18(17)3/h4-7,12,14H,8-11,13H2,1-3H3. The molecule has 0 atom stereocenters. The normalized spacial score (nSPS) is 18.2. The molecule has 0 saturated carbocycles. The number of piperazine rings is 1. The SMILES string of the molecule is CC(C)N1CCN(Cc2ccc3c(ccn3C)c2)CC1. The molecule has 20 heavy (non-hydrogen) atoms. The number of fused-ring (bicyclic) bond motifs is 1. The summed E-state index contributed by atoms with van der Waals surface area (Å²) in [6, 6.07) is 9.74. The van der Waals surface area contributed by atoms with Gasteiger partial charge >= 0.3 is 0 Å². The quantitative estimate of drug-likeness (QED) is 0.850. The van der Waals surface area contributed by atoms with E-state index in [1.54, 1.807) is 0 Å². The van der Waals surface area contributed by atoms with Crippen molar-refractivity contribution in [2.45, 2.75) is 26.4 Å². The molecule has 3 heteroatoms. The van der Waals surface area contributed by atoms with Gasteiger partial charge in [0.1, 0.15) is 0 Å². The summed E-state index contributed by atoms with van der Waals surface area (Å²) >= 11 is 0. The summed E-state index contributed by atoms with van der Waals surface area (Å²) in [5.41, 5.74) is 2.75. The second-order valence-corrected chi connectivity index (χ2v) is 6.23. The summed E-state index contributed by atoms with van der Waals surface area (Å²) in [5.74, 6) is 0. The van der Waals surface area contributed by atoms with Crippen molar-refractivity contribution in [2.24, 2.45) is 7.05 Å². The Labute approximate surface area is 121 Å². The number of hydrogen-bond donors (Lipinski definition) is 0. The van der Waals surface area contributed by atoms with Crippen molar-refractivity contribution >= 4 is 10.9 Å². The van der Waals surface area contributed by atoms with Gasteiger partial charge in [0.15, 0.2) is 0 Å². The lowest BCUT2D eigenvalue weighted by Gasteiger charge is -2.36. The molecule has 0 unspecified atom stereocenters. The molecule has 0 aliphatic carbocycles. The number of aryl methyl sites for hydroxylation is 1. The third-order valence-corrected chi connectivity index (χ3v) is 4.49. The van der Waals surface area contributed by atoms with E-state index in [0.717, 1.165) is 6.54 Å². The van der Waals surface area contributed by atoms with Crippen LogP contribution < -0.4 is 0 Å². The Bertz CT molecular complexity index is 577. The largest absolute Gasteiger partial charge is 0.351 e. The van der Waals surface area contributed by atoms with Gasteiger partial charge in [-0.2, -0.15) is 0 Å². The fourth-order valence-corrected chi connectivity index (χ4v) is 3.13. The minimum absolute atomic E-state index is 0.679. The smallest absolute Gasteiger partial charge is 0.0477 e. The molecule has 0 bridgehead atoms. The second-order valence-electron chi connectivity index (χ2n) is 6.23. The zero-order valence-electron chi connectivity index (χ0n) is 12.8. The Kier molecular flexibility index (Phi) is 3.81. The van der Waals surface area contributed by atoms with Gasteiger partial charge in [0.2, 0.25) is 0 Å². The Morgan fingerprint density at radius 3 is 2.50 bits per heavy atom. The first-order chi connectivity index (χ1) is 9.63. The zero-order valence-corrected chi connectivity index (χ0v) is 12.8. The van der Waals surface area contributed by atoms with Crippen molar-refractivity contribution in [1.82, 2.24) is 14.4 Å². The van der Waals surface area contributed by atoms with Gasteiger partial charge in [0, 0.05) is 57.5 Å². The number of nitrogens with zero attached hydrogens (tertiary/aromatic N) is 3. The van der Waals surface area contributed by atoms with E-state index in [-0.39, 0.29) is 0 Å². The van der Waals surface area contributed by atoms with Crippen LogP contribution in [0.4, 0.5) is 0 Å². The van der Waals surface area contributed by atoms with Gasteiger partial charge in [-0.05, 0) is 43.0 Å². The van der Waals surface area contributed by atoms with E-state index in [4.69, 9.17) is 0 Å². The Morgan fingerprint density at radius 2 is 1.80 bits per heavy atom. The monoisotopic (exact) mass is 271 g/mol. The maximum atomic E-state index is 2.57. The lowest BCUT2D eigenvalue weighted by molar-refractivity contribution is 0.104. The van der Waals surface area contributed by atoms with E-state index in [1.165, 1.54) is 42.6 Å². The van der Waals surface area contributed by atoms with Gasteiger partial charge in [0.05, 0.1) is 0 Å². The van der Waals surface area contributed by atoms with Crippen LogP contribution >= 0.6 is 0 Å². The zero-order chi connectivity index (χ0) is 14.1. The van der Waals surface area contributed by atoms with Crippen molar-refractivity contribution in [3.05, 3.63) is 36.0 Å². The molecule has 1 aliphatic heterocycles. The molecular weight excluding hydrogens is 246 g/mol. The van der Waals surface area contributed by atoms with Gasteiger partial charge in [-0.1, -0.05) is 6.07 Å². The average Bonchev–Trinajstić information content (AvgIpc) is 2.81. The lowest BCUT2D eigenvalue weighted by Crippen LogP contribution is -2.48. The number of benzene rings is 1. The van der Waals surface area contributed by atoms with Crippen LogP contribution in [0.5, 0.6) is 0 Å². The van der Waals surface area contributed by atoms with Crippen LogP contribution in [0.2, 0.25) is 0 Å². The summed E-state index contributed by atoms with van der Waals surface area (Å²) in [4.78, 5) is 5.14. The number of aromatic nitrogens is 1. The predicted octanol–water partition coefficient (Wildman–Crippen LogP) is 2.70. The van der Waals surface area contributed by atoms with Crippen LogP contribution in [0.25, 0.3) is 10.9 Å². The molecule has 3 rings (SSSR count). The first-order valence-electron chi connectivity index (χ1n) is 7.64. The molecule has 0 amide bonds. The first kappa shape index (κ1) is 13.7. The van der Waals surface area contributed by atoms with Crippen molar-refractivity contribution < 1.29 is 0 Å². The lowest BCUT2D eigenvalue weighted by atomic mass is 10.1. The molecule has 2 aromatic rings. The highest BCUT2D eigenvalue weighted by molar-refractivity contribution is 5.80. The highest BCUT2D eigenvalue weighted by Crippen LogP contribution is 2.18. The van der Waals surface area contributed by atoms with E-state index < -0.39 is 0 Å².